The summed E-state index contributed by atoms with van der Waals surface area (Å²) in [5.41, 5.74) is 1.76. The van der Waals surface area contributed by atoms with E-state index in [2.05, 4.69) is 4.98 Å². The average molecular weight is 195 g/mol. The lowest BCUT2D eigenvalue weighted by molar-refractivity contribution is 0.516. The number of rotatable bonds is 0. The molecule has 0 spiro atoms. The van der Waals surface area contributed by atoms with E-state index >= 15 is 0 Å². The molecule has 70 valence electrons. The summed E-state index contributed by atoms with van der Waals surface area (Å²) < 4.78 is 0. The van der Waals surface area contributed by atoms with Gasteiger partial charge in [0.25, 0.3) is 0 Å². The molecule has 3 heteroatoms. The molecule has 0 radical (unpaired) electrons. The summed E-state index contributed by atoms with van der Waals surface area (Å²) >= 11 is 0. The molecule has 1 aliphatic carbocycles. The molecule has 0 aliphatic heterocycles. The molecule has 0 heterocycles. The van der Waals surface area contributed by atoms with Crippen LogP contribution in [0.4, 0.5) is 0 Å². The first-order valence-corrected chi connectivity index (χ1v) is 4.64. The van der Waals surface area contributed by atoms with Gasteiger partial charge in [-0.1, -0.05) is 30.3 Å². The molecular formula is C12H7N2O+. The van der Waals surface area contributed by atoms with Crippen LogP contribution in [0.3, 0.4) is 0 Å². The molecule has 0 saturated carbocycles. The Balaban J connectivity index is 2.57. The molecule has 0 unspecified atom stereocenters. The Labute approximate surface area is 85.9 Å². The van der Waals surface area contributed by atoms with Crippen LogP contribution in [0, 0.1) is 5.39 Å². The molecule has 2 aromatic rings. The highest BCUT2D eigenvalue weighted by Gasteiger charge is 2.33. The van der Waals surface area contributed by atoms with Gasteiger partial charge in [-0.25, -0.2) is 0 Å². The summed E-state index contributed by atoms with van der Waals surface area (Å²) in [5, 5.41) is 20.7. The van der Waals surface area contributed by atoms with Crippen molar-refractivity contribution in [3.63, 3.8) is 0 Å². The van der Waals surface area contributed by atoms with Gasteiger partial charge in [0.05, 0.1) is 5.56 Å². The molecule has 1 aliphatic rings. The highest BCUT2D eigenvalue weighted by molar-refractivity contribution is 6.13. The third kappa shape index (κ3) is 0.856. The van der Waals surface area contributed by atoms with Crippen LogP contribution in [-0.2, 0) is 0 Å². The molecule has 0 aromatic heterocycles. The van der Waals surface area contributed by atoms with Crippen molar-refractivity contribution in [3.05, 3.63) is 52.5 Å². The minimum absolute atomic E-state index is 0.0456. The van der Waals surface area contributed by atoms with Crippen LogP contribution in [0.5, 0.6) is 0 Å². The number of hydrogen-bond donors (Lipinski definition) is 1. The lowest BCUT2D eigenvalue weighted by Gasteiger charge is -1.98. The highest BCUT2D eigenvalue weighted by Crippen LogP contribution is 2.40. The van der Waals surface area contributed by atoms with Crippen molar-refractivity contribution in [3.8, 4) is 0 Å². The SMILES string of the molecule is N#[N+]C1=C(O)c2cccc3cccc1c23. The second-order valence-corrected chi connectivity index (χ2v) is 3.51. The van der Waals surface area contributed by atoms with E-state index in [1.165, 1.54) is 0 Å². The van der Waals surface area contributed by atoms with Gasteiger partial charge in [-0.2, -0.15) is 0 Å². The Kier molecular flexibility index (Phi) is 1.38. The van der Waals surface area contributed by atoms with E-state index in [0.717, 1.165) is 21.9 Å². The Bertz CT molecular complexity index is 645. The monoisotopic (exact) mass is 195 g/mol. The Morgan fingerprint density at radius 3 is 2.33 bits per heavy atom. The van der Waals surface area contributed by atoms with Crippen molar-refractivity contribution in [2.45, 2.75) is 0 Å². The van der Waals surface area contributed by atoms with Crippen molar-refractivity contribution in [2.75, 3.05) is 0 Å². The third-order valence-corrected chi connectivity index (χ3v) is 2.74. The van der Waals surface area contributed by atoms with Crippen molar-refractivity contribution < 1.29 is 5.11 Å². The van der Waals surface area contributed by atoms with Gasteiger partial charge in [0.15, 0.2) is 4.98 Å². The van der Waals surface area contributed by atoms with E-state index in [1.54, 1.807) is 0 Å². The minimum Gasteiger partial charge on any atom is -0.501 e. The summed E-state index contributed by atoms with van der Waals surface area (Å²) in [5.74, 6) is 0.0456. The fraction of sp³-hybridized carbons (Fsp3) is 0. The van der Waals surface area contributed by atoms with Gasteiger partial charge in [0, 0.05) is 10.9 Å². The number of diazo groups is 1. The quantitative estimate of drug-likeness (QED) is 0.655. The van der Waals surface area contributed by atoms with Crippen molar-refractivity contribution >= 4 is 22.2 Å². The van der Waals surface area contributed by atoms with Gasteiger partial charge in [0.1, 0.15) is 0 Å². The first-order chi connectivity index (χ1) is 7.33. The first-order valence-electron chi connectivity index (χ1n) is 4.64. The minimum atomic E-state index is 0.0456. The van der Waals surface area contributed by atoms with Gasteiger partial charge in [-0.3, -0.25) is 0 Å². The van der Waals surface area contributed by atoms with E-state index in [4.69, 9.17) is 5.39 Å². The lowest BCUT2D eigenvalue weighted by atomic mass is 10.0. The third-order valence-electron chi connectivity index (χ3n) is 2.74. The lowest BCUT2D eigenvalue weighted by Crippen LogP contribution is -1.79. The van der Waals surface area contributed by atoms with Crippen molar-refractivity contribution in [1.82, 2.24) is 0 Å². The second-order valence-electron chi connectivity index (χ2n) is 3.51. The first kappa shape index (κ1) is 8.01. The maximum Gasteiger partial charge on any atom is 0.434 e. The van der Waals surface area contributed by atoms with Crippen molar-refractivity contribution in [1.29, 1.82) is 5.39 Å². The number of benzene rings is 2. The van der Waals surface area contributed by atoms with Crippen LogP contribution in [0.1, 0.15) is 11.1 Å². The molecule has 15 heavy (non-hydrogen) atoms. The largest absolute Gasteiger partial charge is 0.501 e. The summed E-state index contributed by atoms with van der Waals surface area (Å²) in [7, 11) is 0. The number of nitrogens with zero attached hydrogens (tertiary/aromatic N) is 2. The van der Waals surface area contributed by atoms with E-state index in [1.807, 2.05) is 36.4 Å². The predicted molar refractivity (Wildman–Crippen MR) is 58.5 cm³/mol. The molecule has 3 rings (SSSR count). The summed E-state index contributed by atoms with van der Waals surface area (Å²) in [6.07, 6.45) is 0. The Morgan fingerprint density at radius 2 is 1.67 bits per heavy atom. The maximum atomic E-state index is 9.85. The Morgan fingerprint density at radius 1 is 1.00 bits per heavy atom. The summed E-state index contributed by atoms with van der Waals surface area (Å²) in [6, 6.07) is 11.3. The average Bonchev–Trinajstić information content (AvgIpc) is 2.55. The molecule has 0 saturated heterocycles. The molecular weight excluding hydrogens is 188 g/mol. The normalized spacial score (nSPS) is 13.3. The van der Waals surface area contributed by atoms with Gasteiger partial charge in [-0.15, -0.1) is 0 Å². The number of aliphatic hydroxyl groups is 1. The molecule has 0 atom stereocenters. The number of aliphatic hydroxyl groups excluding tert-OH is 1. The van der Waals surface area contributed by atoms with E-state index < -0.39 is 0 Å². The van der Waals surface area contributed by atoms with E-state index in [0.29, 0.717) is 0 Å². The van der Waals surface area contributed by atoms with Crippen LogP contribution in [-0.4, -0.2) is 5.11 Å². The zero-order valence-electron chi connectivity index (χ0n) is 7.81. The molecule has 2 aromatic carbocycles. The Hall–Kier alpha value is -2.34. The number of hydrogen-bond acceptors (Lipinski definition) is 2. The molecule has 0 fully saturated rings. The predicted octanol–water partition coefficient (Wildman–Crippen LogP) is 3.39. The topological polar surface area (TPSA) is 48.4 Å². The van der Waals surface area contributed by atoms with Crippen LogP contribution in [0.25, 0.3) is 27.2 Å². The van der Waals surface area contributed by atoms with Crippen molar-refractivity contribution in [2.24, 2.45) is 0 Å². The van der Waals surface area contributed by atoms with Crippen LogP contribution in [0.2, 0.25) is 0 Å². The molecule has 0 bridgehead atoms. The van der Waals surface area contributed by atoms with Gasteiger partial charge in [-0.05, 0) is 11.5 Å². The maximum absolute atomic E-state index is 9.85. The van der Waals surface area contributed by atoms with Crippen LogP contribution >= 0.6 is 0 Å². The molecule has 1 N–H and O–H groups in total. The summed E-state index contributed by atoms with van der Waals surface area (Å²) in [6.45, 7) is 0. The fourth-order valence-corrected chi connectivity index (χ4v) is 2.09. The highest BCUT2D eigenvalue weighted by atomic mass is 16.3. The molecule has 0 amide bonds. The van der Waals surface area contributed by atoms with E-state index in [-0.39, 0.29) is 11.5 Å². The smallest absolute Gasteiger partial charge is 0.434 e. The van der Waals surface area contributed by atoms with Gasteiger partial charge in [0.2, 0.25) is 11.2 Å². The van der Waals surface area contributed by atoms with Crippen LogP contribution in [0.15, 0.2) is 36.4 Å². The van der Waals surface area contributed by atoms with Gasteiger partial charge < -0.3 is 5.11 Å². The standard InChI is InChI=1S/C12H6N2O/c13-14-11-8-5-1-3-7-4-2-6-9(10(7)8)12(11)15/h1-6H/p+1. The second kappa shape index (κ2) is 2.58. The fourth-order valence-electron chi connectivity index (χ4n) is 2.09. The zero-order valence-corrected chi connectivity index (χ0v) is 7.81. The zero-order chi connectivity index (χ0) is 10.4. The van der Waals surface area contributed by atoms with E-state index in [9.17, 15) is 5.11 Å². The summed E-state index contributed by atoms with van der Waals surface area (Å²) in [4.78, 5) is 3.14. The van der Waals surface area contributed by atoms with Gasteiger partial charge >= 0.3 is 5.70 Å². The molecule has 3 nitrogen and oxygen atoms in total. The van der Waals surface area contributed by atoms with Crippen LogP contribution < -0.4 is 0 Å².